The van der Waals surface area contributed by atoms with Crippen LogP contribution < -0.4 is 5.56 Å². The number of benzene rings is 1. The molecule has 8 nitrogen and oxygen atoms in total. The number of ether oxygens (including phenoxy) is 1. The van der Waals surface area contributed by atoms with Crippen LogP contribution in [0.5, 0.6) is 5.88 Å². The van der Waals surface area contributed by atoms with E-state index in [0.29, 0.717) is 21.6 Å². The summed E-state index contributed by atoms with van der Waals surface area (Å²) < 4.78 is 6.05. The highest BCUT2D eigenvalue weighted by atomic mass is 35.5. The number of carbonyl (C=O) groups excluding carboxylic acids is 1. The molecular weight excluding hydrogens is 396 g/mol. The number of nitrogens with zero attached hydrogens (tertiary/aromatic N) is 4. The van der Waals surface area contributed by atoms with E-state index < -0.39 is 23.3 Å². The van der Waals surface area contributed by atoms with Crippen LogP contribution in [0.2, 0.25) is 5.02 Å². The molecule has 1 atom stereocenters. The van der Waals surface area contributed by atoms with Gasteiger partial charge in [0, 0.05) is 24.5 Å². The van der Waals surface area contributed by atoms with Gasteiger partial charge in [0.05, 0.1) is 35.2 Å². The number of rotatable bonds is 4. The molecule has 0 saturated heterocycles. The molecule has 1 N–H and O–H groups in total. The standard InChI is InChI=1S/C20H15ClN4O4/c1-29-16(26)9-13(12-3-2-4-14-18(12)23-8-7-22-14)17-19(27)24-15-6-5-11(21)10-25(15)20(17)28/h2-8,10,13,27H,9H2,1H3/t13-/m1/s1. The molecule has 1 aromatic carbocycles. The van der Waals surface area contributed by atoms with Crippen LogP contribution in [0.15, 0.2) is 53.7 Å². The molecule has 3 heterocycles. The highest BCUT2D eigenvalue weighted by Crippen LogP contribution is 2.34. The van der Waals surface area contributed by atoms with Crippen LogP contribution >= 0.6 is 11.6 Å². The van der Waals surface area contributed by atoms with Crippen molar-refractivity contribution in [3.63, 3.8) is 0 Å². The van der Waals surface area contributed by atoms with E-state index in [1.807, 2.05) is 0 Å². The van der Waals surface area contributed by atoms with Crippen molar-refractivity contribution >= 4 is 34.3 Å². The number of aromatic hydroxyl groups is 1. The quantitative estimate of drug-likeness (QED) is 0.515. The molecule has 4 rings (SSSR count). The van der Waals surface area contributed by atoms with E-state index in [0.717, 1.165) is 0 Å². The Hall–Kier alpha value is -3.52. The van der Waals surface area contributed by atoms with Crippen LogP contribution in [0, 0.1) is 0 Å². The third kappa shape index (κ3) is 3.38. The normalized spacial score (nSPS) is 12.2. The Bertz CT molecular complexity index is 1300. The van der Waals surface area contributed by atoms with E-state index in [9.17, 15) is 14.7 Å². The molecule has 0 amide bonds. The first kappa shape index (κ1) is 18.8. The minimum atomic E-state index is -0.848. The van der Waals surface area contributed by atoms with Crippen LogP contribution in [0.25, 0.3) is 16.7 Å². The van der Waals surface area contributed by atoms with Crippen LogP contribution in [0.4, 0.5) is 0 Å². The minimum Gasteiger partial charge on any atom is -0.493 e. The zero-order valence-electron chi connectivity index (χ0n) is 15.2. The first-order valence-electron chi connectivity index (χ1n) is 8.67. The number of hydrogen-bond donors (Lipinski definition) is 1. The van der Waals surface area contributed by atoms with Crippen molar-refractivity contribution in [3.8, 4) is 5.88 Å². The van der Waals surface area contributed by atoms with Crippen molar-refractivity contribution in [2.45, 2.75) is 12.3 Å². The fraction of sp³-hybridized carbons (Fsp3) is 0.150. The SMILES string of the molecule is COC(=O)C[C@@H](c1c(O)nc2ccc(Cl)cn2c1=O)c1cccc2nccnc12. The minimum absolute atomic E-state index is 0.0479. The van der Waals surface area contributed by atoms with Crippen molar-refractivity contribution in [2.24, 2.45) is 0 Å². The van der Waals surface area contributed by atoms with Crippen LogP contribution in [0.1, 0.15) is 23.5 Å². The third-order valence-electron chi connectivity index (χ3n) is 4.65. The number of aromatic nitrogens is 4. The predicted octanol–water partition coefficient (Wildman–Crippen LogP) is 2.69. The van der Waals surface area contributed by atoms with Crippen molar-refractivity contribution in [2.75, 3.05) is 7.11 Å². The zero-order valence-corrected chi connectivity index (χ0v) is 16.0. The van der Waals surface area contributed by atoms with Gasteiger partial charge in [-0.2, -0.15) is 4.98 Å². The number of hydrogen-bond acceptors (Lipinski definition) is 7. The van der Waals surface area contributed by atoms with Gasteiger partial charge in [0.25, 0.3) is 5.56 Å². The second-order valence-electron chi connectivity index (χ2n) is 6.33. The Kier molecular flexibility index (Phi) is 4.85. The molecule has 0 aliphatic heterocycles. The number of esters is 1. The lowest BCUT2D eigenvalue weighted by molar-refractivity contribution is -0.140. The summed E-state index contributed by atoms with van der Waals surface area (Å²) in [5.74, 6) is -1.86. The Labute approximate surface area is 169 Å². The van der Waals surface area contributed by atoms with Crippen molar-refractivity contribution in [1.29, 1.82) is 0 Å². The van der Waals surface area contributed by atoms with Crippen LogP contribution in [0.3, 0.4) is 0 Å². The highest BCUT2D eigenvalue weighted by Gasteiger charge is 2.28. The van der Waals surface area contributed by atoms with E-state index in [1.165, 1.54) is 30.0 Å². The maximum atomic E-state index is 13.2. The molecule has 0 bridgehead atoms. The molecule has 0 unspecified atom stereocenters. The fourth-order valence-electron chi connectivity index (χ4n) is 3.33. The Balaban J connectivity index is 2.02. The number of fused-ring (bicyclic) bond motifs is 2. The maximum Gasteiger partial charge on any atom is 0.306 e. The number of carbonyl (C=O) groups is 1. The molecule has 0 saturated carbocycles. The highest BCUT2D eigenvalue weighted by molar-refractivity contribution is 6.30. The second-order valence-corrected chi connectivity index (χ2v) is 6.77. The third-order valence-corrected chi connectivity index (χ3v) is 4.88. The lowest BCUT2D eigenvalue weighted by atomic mass is 9.88. The van der Waals surface area contributed by atoms with Crippen molar-refractivity contribution in [1.82, 2.24) is 19.4 Å². The lowest BCUT2D eigenvalue weighted by Gasteiger charge is -2.18. The average molecular weight is 411 g/mol. The Morgan fingerprint density at radius 2 is 2.03 bits per heavy atom. The van der Waals surface area contributed by atoms with Crippen LogP contribution in [-0.4, -0.2) is 37.5 Å². The van der Waals surface area contributed by atoms with Crippen LogP contribution in [-0.2, 0) is 9.53 Å². The van der Waals surface area contributed by atoms with Gasteiger partial charge in [0.2, 0.25) is 5.88 Å². The largest absolute Gasteiger partial charge is 0.493 e. The first-order chi connectivity index (χ1) is 14.0. The van der Waals surface area contributed by atoms with E-state index in [4.69, 9.17) is 16.3 Å². The number of methoxy groups -OCH3 is 1. The molecule has 0 spiro atoms. The fourth-order valence-corrected chi connectivity index (χ4v) is 3.49. The summed E-state index contributed by atoms with van der Waals surface area (Å²) >= 11 is 6.02. The van der Waals surface area contributed by atoms with Gasteiger partial charge in [-0.25, -0.2) is 0 Å². The molecule has 146 valence electrons. The smallest absolute Gasteiger partial charge is 0.306 e. The van der Waals surface area contributed by atoms with Crippen molar-refractivity contribution in [3.05, 3.63) is 75.4 Å². The number of para-hydroxylation sites is 1. The topological polar surface area (TPSA) is 107 Å². The molecular formula is C20H15ClN4O4. The number of pyridine rings is 1. The van der Waals surface area contributed by atoms with E-state index in [2.05, 4.69) is 15.0 Å². The van der Waals surface area contributed by atoms with Gasteiger partial charge in [-0.3, -0.25) is 24.0 Å². The monoisotopic (exact) mass is 410 g/mol. The molecule has 29 heavy (non-hydrogen) atoms. The first-order valence-corrected chi connectivity index (χ1v) is 9.04. The molecule has 9 heteroatoms. The summed E-state index contributed by atoms with van der Waals surface area (Å²) in [5.41, 5.74) is 1.31. The van der Waals surface area contributed by atoms with E-state index >= 15 is 0 Å². The Morgan fingerprint density at radius 3 is 2.83 bits per heavy atom. The van der Waals surface area contributed by atoms with Gasteiger partial charge in [-0.15, -0.1) is 0 Å². The van der Waals surface area contributed by atoms with Crippen molar-refractivity contribution < 1.29 is 14.6 Å². The molecule has 0 radical (unpaired) electrons. The van der Waals surface area contributed by atoms with Gasteiger partial charge in [-0.1, -0.05) is 23.7 Å². The van der Waals surface area contributed by atoms with Gasteiger partial charge >= 0.3 is 5.97 Å². The molecule has 0 aliphatic rings. The van der Waals surface area contributed by atoms with Gasteiger partial charge < -0.3 is 9.84 Å². The van der Waals surface area contributed by atoms with Gasteiger partial charge in [0.1, 0.15) is 5.65 Å². The van der Waals surface area contributed by atoms with E-state index in [-0.39, 0.29) is 17.6 Å². The summed E-state index contributed by atoms with van der Waals surface area (Å²) in [4.78, 5) is 38.1. The Morgan fingerprint density at radius 1 is 1.24 bits per heavy atom. The molecule has 3 aromatic heterocycles. The molecule has 0 fully saturated rings. The maximum absolute atomic E-state index is 13.2. The lowest BCUT2D eigenvalue weighted by Crippen LogP contribution is -2.24. The second kappa shape index (κ2) is 7.48. The summed E-state index contributed by atoms with van der Waals surface area (Å²) in [6.45, 7) is 0. The van der Waals surface area contributed by atoms with E-state index in [1.54, 1.807) is 30.5 Å². The molecule has 4 aromatic rings. The summed E-state index contributed by atoms with van der Waals surface area (Å²) in [6.07, 6.45) is 4.29. The summed E-state index contributed by atoms with van der Waals surface area (Å²) in [7, 11) is 1.26. The average Bonchev–Trinajstić information content (AvgIpc) is 2.73. The van der Waals surface area contributed by atoms with Gasteiger partial charge in [0.15, 0.2) is 0 Å². The number of halogens is 1. The summed E-state index contributed by atoms with van der Waals surface area (Å²) in [6, 6.07) is 8.33. The summed E-state index contributed by atoms with van der Waals surface area (Å²) in [5, 5.41) is 10.9. The van der Waals surface area contributed by atoms with Gasteiger partial charge in [-0.05, 0) is 23.8 Å². The molecule has 0 aliphatic carbocycles. The zero-order chi connectivity index (χ0) is 20.5. The predicted molar refractivity (Wildman–Crippen MR) is 106 cm³/mol.